The number of amides is 1. The minimum Gasteiger partial charge on any atom is -0.461 e. The Balaban J connectivity index is 1.85. The molecule has 0 fully saturated rings. The van der Waals surface area contributed by atoms with E-state index >= 15 is 0 Å². The van der Waals surface area contributed by atoms with Crippen LogP contribution < -0.4 is 11.2 Å². The van der Waals surface area contributed by atoms with Crippen molar-refractivity contribution in [1.82, 2.24) is 20.2 Å². The van der Waals surface area contributed by atoms with Crippen LogP contribution in [-0.4, -0.2) is 45.8 Å². The van der Waals surface area contributed by atoms with Crippen LogP contribution in [0.15, 0.2) is 28.0 Å². The topological polar surface area (TPSA) is 108 Å². The quantitative estimate of drug-likeness (QED) is 0.402. The largest absolute Gasteiger partial charge is 0.461 e. The van der Waals surface area contributed by atoms with Gasteiger partial charge in [0.15, 0.2) is 5.76 Å². The summed E-state index contributed by atoms with van der Waals surface area (Å²) in [6, 6.07) is 3.49. The minimum atomic E-state index is -0.335. The molecule has 0 spiro atoms. The van der Waals surface area contributed by atoms with Crippen molar-refractivity contribution in [2.75, 3.05) is 25.6 Å². The average molecular weight is 339 g/mol. The molecule has 0 bridgehead atoms. The molecule has 1 unspecified atom stereocenters. The predicted octanol–water partition coefficient (Wildman–Crippen LogP) is 1.28. The molecule has 9 heteroatoms. The molecular weight excluding hydrogens is 318 g/mol. The first-order valence-electron chi connectivity index (χ1n) is 7.40. The zero-order valence-electron chi connectivity index (χ0n) is 13.2. The molecule has 2 heterocycles. The van der Waals surface area contributed by atoms with Crippen LogP contribution in [0, 0.1) is 0 Å². The molecule has 3 N–H and O–H groups in total. The molecule has 23 heavy (non-hydrogen) atoms. The maximum atomic E-state index is 12.0. The number of rotatable bonds is 9. The average Bonchev–Trinajstić information content (AvgIpc) is 3.17. The van der Waals surface area contributed by atoms with E-state index in [-0.39, 0.29) is 11.2 Å². The fourth-order valence-corrected chi connectivity index (χ4v) is 2.61. The number of nitrogen functional groups attached to an aromatic ring is 1. The zero-order valence-corrected chi connectivity index (χ0v) is 14.0. The number of carbonyl (C=O) groups is 1. The van der Waals surface area contributed by atoms with E-state index in [0.717, 1.165) is 6.42 Å². The summed E-state index contributed by atoms with van der Waals surface area (Å²) in [7, 11) is 0. The standard InChI is InChI=1S/C14H21N5O3S/c1-3-21-8-5-7-16-13(20)10(2)23-14-18-17-12(19(14)15)11-6-4-9-22-11/h4,6,9-10H,3,5,7-8,15H2,1-2H3,(H,16,20). The van der Waals surface area contributed by atoms with Crippen molar-refractivity contribution < 1.29 is 13.9 Å². The Morgan fingerprint density at radius 3 is 3.09 bits per heavy atom. The Bertz CT molecular complexity index is 614. The lowest BCUT2D eigenvalue weighted by Crippen LogP contribution is -2.32. The van der Waals surface area contributed by atoms with Crippen LogP contribution in [0.3, 0.4) is 0 Å². The van der Waals surface area contributed by atoms with Crippen molar-refractivity contribution in [1.29, 1.82) is 0 Å². The monoisotopic (exact) mass is 339 g/mol. The Kier molecular flexibility index (Phi) is 6.48. The van der Waals surface area contributed by atoms with Gasteiger partial charge in [-0.2, -0.15) is 0 Å². The zero-order chi connectivity index (χ0) is 16.7. The summed E-state index contributed by atoms with van der Waals surface area (Å²) >= 11 is 1.24. The van der Waals surface area contributed by atoms with Gasteiger partial charge < -0.3 is 20.3 Å². The predicted molar refractivity (Wildman–Crippen MR) is 87.3 cm³/mol. The Hall–Kier alpha value is -2.00. The second-order valence-corrected chi connectivity index (χ2v) is 6.06. The number of carbonyl (C=O) groups excluding carboxylic acids is 1. The van der Waals surface area contributed by atoms with Crippen LogP contribution in [0.25, 0.3) is 11.6 Å². The molecule has 2 aromatic heterocycles. The molecule has 8 nitrogen and oxygen atoms in total. The molecule has 2 rings (SSSR count). The molecule has 0 radical (unpaired) electrons. The van der Waals surface area contributed by atoms with E-state index in [4.69, 9.17) is 15.0 Å². The van der Waals surface area contributed by atoms with Crippen molar-refractivity contribution in [3.63, 3.8) is 0 Å². The van der Waals surface area contributed by atoms with E-state index in [1.165, 1.54) is 22.7 Å². The van der Waals surface area contributed by atoms with E-state index < -0.39 is 0 Å². The fourth-order valence-electron chi connectivity index (χ4n) is 1.82. The molecule has 0 saturated carbocycles. The SMILES string of the molecule is CCOCCCNC(=O)C(C)Sc1nnc(-c2ccco2)n1N. The highest BCUT2D eigenvalue weighted by molar-refractivity contribution is 8.00. The minimum absolute atomic E-state index is 0.0750. The van der Waals surface area contributed by atoms with Crippen LogP contribution in [0.5, 0.6) is 0 Å². The molecule has 1 atom stereocenters. The first-order valence-corrected chi connectivity index (χ1v) is 8.28. The number of hydrogen-bond acceptors (Lipinski definition) is 7. The highest BCUT2D eigenvalue weighted by Gasteiger charge is 2.20. The summed E-state index contributed by atoms with van der Waals surface area (Å²) in [6.45, 7) is 5.64. The number of ether oxygens (including phenoxy) is 1. The molecule has 0 aliphatic heterocycles. The van der Waals surface area contributed by atoms with Crippen molar-refractivity contribution >= 4 is 17.7 Å². The van der Waals surface area contributed by atoms with Gasteiger partial charge in [0.2, 0.25) is 16.9 Å². The van der Waals surface area contributed by atoms with Gasteiger partial charge in [0.1, 0.15) is 0 Å². The maximum Gasteiger partial charge on any atom is 0.233 e. The number of aromatic nitrogens is 3. The summed E-state index contributed by atoms with van der Waals surface area (Å²) in [6.07, 6.45) is 2.32. The first kappa shape index (κ1) is 17.4. The van der Waals surface area contributed by atoms with Crippen LogP contribution in [0.1, 0.15) is 20.3 Å². The summed E-state index contributed by atoms with van der Waals surface area (Å²) < 4.78 is 11.8. The fraction of sp³-hybridized carbons (Fsp3) is 0.500. The van der Waals surface area contributed by atoms with Crippen LogP contribution in [0.4, 0.5) is 0 Å². The van der Waals surface area contributed by atoms with Crippen LogP contribution in [-0.2, 0) is 9.53 Å². The number of hydrogen-bond donors (Lipinski definition) is 2. The van der Waals surface area contributed by atoms with Gasteiger partial charge in [-0.3, -0.25) is 4.79 Å². The normalized spacial score (nSPS) is 12.3. The molecule has 126 valence electrons. The number of nitrogens with zero attached hydrogens (tertiary/aromatic N) is 3. The smallest absolute Gasteiger partial charge is 0.233 e. The third-order valence-corrected chi connectivity index (χ3v) is 4.08. The summed E-state index contributed by atoms with van der Waals surface area (Å²) in [4.78, 5) is 12.0. The van der Waals surface area contributed by atoms with Crippen molar-refractivity contribution in [3.05, 3.63) is 18.4 Å². The lowest BCUT2D eigenvalue weighted by molar-refractivity contribution is -0.120. The lowest BCUT2D eigenvalue weighted by atomic mass is 10.4. The third kappa shape index (κ3) is 4.73. The van der Waals surface area contributed by atoms with Gasteiger partial charge in [-0.1, -0.05) is 11.8 Å². The van der Waals surface area contributed by atoms with Crippen molar-refractivity contribution in [2.45, 2.75) is 30.7 Å². The highest BCUT2D eigenvalue weighted by Crippen LogP contribution is 2.24. The van der Waals surface area contributed by atoms with E-state index in [9.17, 15) is 4.79 Å². The van der Waals surface area contributed by atoms with E-state index in [2.05, 4.69) is 15.5 Å². The Morgan fingerprint density at radius 1 is 1.57 bits per heavy atom. The second-order valence-electron chi connectivity index (χ2n) is 4.76. The molecule has 0 aliphatic carbocycles. The first-order chi connectivity index (χ1) is 11.1. The molecule has 0 aliphatic rings. The maximum absolute atomic E-state index is 12.0. The number of thioether (sulfide) groups is 1. The molecular formula is C14H21N5O3S. The number of nitrogens with one attached hydrogen (secondary N) is 1. The van der Waals surface area contributed by atoms with Gasteiger partial charge in [-0.25, -0.2) is 4.68 Å². The van der Waals surface area contributed by atoms with Gasteiger partial charge >= 0.3 is 0 Å². The van der Waals surface area contributed by atoms with Gasteiger partial charge in [0.05, 0.1) is 11.5 Å². The summed E-state index contributed by atoms with van der Waals surface area (Å²) in [5.74, 6) is 6.83. The van der Waals surface area contributed by atoms with E-state index in [1.807, 2.05) is 6.92 Å². The molecule has 1 amide bonds. The van der Waals surface area contributed by atoms with Crippen LogP contribution >= 0.6 is 11.8 Å². The van der Waals surface area contributed by atoms with Gasteiger partial charge in [-0.05, 0) is 32.4 Å². The third-order valence-electron chi connectivity index (χ3n) is 3.03. The van der Waals surface area contributed by atoms with Crippen LogP contribution in [0.2, 0.25) is 0 Å². The second kappa shape index (κ2) is 8.59. The number of nitrogens with two attached hydrogens (primary N) is 1. The van der Waals surface area contributed by atoms with Crippen molar-refractivity contribution in [3.8, 4) is 11.6 Å². The van der Waals surface area contributed by atoms with Gasteiger partial charge in [-0.15, -0.1) is 10.2 Å². The summed E-state index contributed by atoms with van der Waals surface area (Å²) in [5, 5.41) is 11.0. The Labute approximate surface area is 138 Å². The molecule has 0 saturated heterocycles. The van der Waals surface area contributed by atoms with Gasteiger partial charge in [0, 0.05) is 19.8 Å². The van der Waals surface area contributed by atoms with E-state index in [0.29, 0.717) is 36.5 Å². The number of furan rings is 1. The van der Waals surface area contributed by atoms with Crippen molar-refractivity contribution in [2.24, 2.45) is 0 Å². The Morgan fingerprint density at radius 2 is 2.39 bits per heavy atom. The molecule has 2 aromatic rings. The highest BCUT2D eigenvalue weighted by atomic mass is 32.2. The summed E-state index contributed by atoms with van der Waals surface area (Å²) in [5.41, 5.74) is 0. The lowest BCUT2D eigenvalue weighted by Gasteiger charge is -2.11. The van der Waals surface area contributed by atoms with Gasteiger partial charge in [0.25, 0.3) is 0 Å². The molecule has 0 aromatic carbocycles. The van der Waals surface area contributed by atoms with E-state index in [1.54, 1.807) is 19.1 Å².